The number of aromatic nitrogens is 3. The number of carbonyl (C=O) groups excluding carboxylic acids is 1. The molecule has 29 heavy (non-hydrogen) atoms. The summed E-state index contributed by atoms with van der Waals surface area (Å²) in [5.74, 6) is 1.75. The zero-order valence-corrected chi connectivity index (χ0v) is 17.5. The highest BCUT2D eigenvalue weighted by atomic mass is 32.2. The Morgan fingerprint density at radius 1 is 1.17 bits per heavy atom. The third kappa shape index (κ3) is 4.78. The van der Waals surface area contributed by atoms with Gasteiger partial charge < -0.3 is 9.73 Å². The zero-order chi connectivity index (χ0) is 20.1. The molecule has 1 amide bonds. The molecule has 0 saturated heterocycles. The Balaban J connectivity index is 1.49. The highest BCUT2D eigenvalue weighted by molar-refractivity contribution is 7.99. The molecule has 148 valence electrons. The SMILES string of the molecule is C[C@@H](NC(=O)CSc1nnc(Cc2cccs2)n1-c1ccccc1)c1ccco1. The third-order valence-corrected chi connectivity index (χ3v) is 6.11. The van der Waals surface area contributed by atoms with Gasteiger partial charge in [-0.1, -0.05) is 36.0 Å². The Labute approximate surface area is 177 Å². The second-order valence-electron chi connectivity index (χ2n) is 6.42. The molecule has 0 aliphatic carbocycles. The van der Waals surface area contributed by atoms with Crippen LogP contribution in [0.4, 0.5) is 0 Å². The lowest BCUT2D eigenvalue weighted by molar-refractivity contribution is -0.119. The van der Waals surface area contributed by atoms with Gasteiger partial charge in [0.15, 0.2) is 5.16 Å². The molecule has 6 nitrogen and oxygen atoms in total. The second kappa shape index (κ2) is 9.11. The number of nitrogens with zero attached hydrogens (tertiary/aromatic N) is 3. The first-order chi connectivity index (χ1) is 14.2. The summed E-state index contributed by atoms with van der Waals surface area (Å²) in [5.41, 5.74) is 0.982. The van der Waals surface area contributed by atoms with Crippen molar-refractivity contribution >= 4 is 29.0 Å². The number of amides is 1. The van der Waals surface area contributed by atoms with Gasteiger partial charge in [0, 0.05) is 17.0 Å². The summed E-state index contributed by atoms with van der Waals surface area (Å²) in [6.07, 6.45) is 2.30. The number of thioether (sulfide) groups is 1. The Hall–Kier alpha value is -2.84. The summed E-state index contributed by atoms with van der Waals surface area (Å²) >= 11 is 3.07. The number of carbonyl (C=O) groups is 1. The van der Waals surface area contributed by atoms with Crippen molar-refractivity contribution in [1.29, 1.82) is 0 Å². The van der Waals surface area contributed by atoms with E-state index >= 15 is 0 Å². The Bertz CT molecular complexity index is 1040. The zero-order valence-electron chi connectivity index (χ0n) is 15.8. The lowest BCUT2D eigenvalue weighted by Gasteiger charge is -2.12. The Morgan fingerprint density at radius 3 is 2.76 bits per heavy atom. The van der Waals surface area contributed by atoms with Crippen LogP contribution in [-0.2, 0) is 11.2 Å². The van der Waals surface area contributed by atoms with Crippen molar-refractivity contribution in [3.63, 3.8) is 0 Å². The van der Waals surface area contributed by atoms with Crippen LogP contribution in [0.15, 0.2) is 75.8 Å². The van der Waals surface area contributed by atoms with Crippen LogP contribution in [0.5, 0.6) is 0 Å². The maximum atomic E-state index is 12.4. The van der Waals surface area contributed by atoms with Gasteiger partial charge in [-0.15, -0.1) is 21.5 Å². The first-order valence-electron chi connectivity index (χ1n) is 9.18. The van der Waals surface area contributed by atoms with E-state index in [2.05, 4.69) is 27.0 Å². The summed E-state index contributed by atoms with van der Waals surface area (Å²) in [5, 5.41) is 14.5. The van der Waals surface area contributed by atoms with Crippen LogP contribution in [0.1, 0.15) is 29.4 Å². The first kappa shape index (κ1) is 19.5. The number of thiophene rings is 1. The van der Waals surface area contributed by atoms with Crippen molar-refractivity contribution in [1.82, 2.24) is 20.1 Å². The number of nitrogens with one attached hydrogen (secondary N) is 1. The molecule has 0 spiro atoms. The smallest absolute Gasteiger partial charge is 0.231 e. The molecule has 8 heteroatoms. The van der Waals surface area contributed by atoms with E-state index < -0.39 is 0 Å². The van der Waals surface area contributed by atoms with Gasteiger partial charge in [-0.05, 0) is 42.6 Å². The topological polar surface area (TPSA) is 73.0 Å². The minimum atomic E-state index is -0.181. The van der Waals surface area contributed by atoms with Crippen LogP contribution in [-0.4, -0.2) is 26.4 Å². The Morgan fingerprint density at radius 2 is 2.03 bits per heavy atom. The quantitative estimate of drug-likeness (QED) is 0.422. The van der Waals surface area contributed by atoms with Crippen LogP contribution < -0.4 is 5.32 Å². The highest BCUT2D eigenvalue weighted by Crippen LogP contribution is 2.24. The molecule has 0 saturated carbocycles. The molecule has 3 aromatic heterocycles. The van der Waals surface area contributed by atoms with Crippen LogP contribution in [0.2, 0.25) is 0 Å². The molecule has 3 heterocycles. The predicted octanol–water partition coefficient (Wildman–Crippen LogP) is 4.48. The third-order valence-electron chi connectivity index (χ3n) is 4.31. The molecular formula is C21H20N4O2S2. The van der Waals surface area contributed by atoms with Gasteiger partial charge in [0.1, 0.15) is 11.6 Å². The van der Waals surface area contributed by atoms with E-state index in [-0.39, 0.29) is 17.7 Å². The maximum Gasteiger partial charge on any atom is 0.231 e. The van der Waals surface area contributed by atoms with E-state index in [1.54, 1.807) is 17.6 Å². The van der Waals surface area contributed by atoms with Crippen molar-refractivity contribution < 1.29 is 9.21 Å². The molecule has 1 aromatic carbocycles. The van der Waals surface area contributed by atoms with Gasteiger partial charge in [0.25, 0.3) is 0 Å². The molecule has 1 N–H and O–H groups in total. The number of benzene rings is 1. The largest absolute Gasteiger partial charge is 0.467 e. The maximum absolute atomic E-state index is 12.4. The molecule has 4 aromatic rings. The molecule has 1 atom stereocenters. The van der Waals surface area contributed by atoms with E-state index in [4.69, 9.17) is 4.42 Å². The van der Waals surface area contributed by atoms with E-state index in [0.29, 0.717) is 11.6 Å². The fourth-order valence-electron chi connectivity index (χ4n) is 2.94. The van der Waals surface area contributed by atoms with Gasteiger partial charge >= 0.3 is 0 Å². The van der Waals surface area contributed by atoms with Crippen LogP contribution in [0, 0.1) is 0 Å². The lowest BCUT2D eigenvalue weighted by atomic mass is 10.2. The number of rotatable bonds is 8. The van der Waals surface area contributed by atoms with E-state index in [0.717, 1.165) is 17.3 Å². The monoisotopic (exact) mass is 424 g/mol. The molecule has 0 fully saturated rings. The fraction of sp³-hybridized carbons (Fsp3) is 0.190. The first-order valence-corrected chi connectivity index (χ1v) is 11.0. The lowest BCUT2D eigenvalue weighted by Crippen LogP contribution is -2.28. The number of hydrogen-bond donors (Lipinski definition) is 1. The summed E-state index contributed by atoms with van der Waals surface area (Å²) in [4.78, 5) is 13.6. The van der Waals surface area contributed by atoms with Crippen molar-refractivity contribution in [3.05, 3.63) is 82.7 Å². The molecule has 0 aliphatic rings. The molecule has 0 aliphatic heterocycles. The van der Waals surface area contributed by atoms with E-state index in [1.165, 1.54) is 16.6 Å². The van der Waals surface area contributed by atoms with Gasteiger partial charge in [-0.3, -0.25) is 9.36 Å². The molecular weight excluding hydrogens is 404 g/mol. The fourth-order valence-corrected chi connectivity index (χ4v) is 4.42. The second-order valence-corrected chi connectivity index (χ2v) is 8.39. The van der Waals surface area contributed by atoms with Gasteiger partial charge in [-0.25, -0.2) is 0 Å². The Kier molecular flexibility index (Phi) is 6.12. The summed E-state index contributed by atoms with van der Waals surface area (Å²) in [7, 11) is 0. The van der Waals surface area contributed by atoms with Crippen LogP contribution in [0.25, 0.3) is 5.69 Å². The summed E-state index contributed by atoms with van der Waals surface area (Å²) < 4.78 is 7.36. The number of para-hydroxylation sites is 1. The minimum Gasteiger partial charge on any atom is -0.467 e. The molecule has 0 radical (unpaired) electrons. The van der Waals surface area contributed by atoms with Gasteiger partial charge in [0.2, 0.25) is 5.91 Å². The standard InChI is InChI=1S/C21H20N4O2S2/c1-15(18-10-5-11-27-18)22-20(26)14-29-21-24-23-19(13-17-9-6-12-28-17)25(21)16-7-3-2-4-8-16/h2-12,15H,13-14H2,1H3,(H,22,26)/t15-/m1/s1. The van der Waals surface area contributed by atoms with Crippen molar-refractivity contribution in [3.8, 4) is 5.69 Å². The average Bonchev–Trinajstić information content (AvgIpc) is 3.50. The van der Waals surface area contributed by atoms with Crippen LogP contribution >= 0.6 is 23.1 Å². The summed E-state index contributed by atoms with van der Waals surface area (Å²) in [6, 6.07) is 17.6. The van der Waals surface area contributed by atoms with Gasteiger partial charge in [0.05, 0.1) is 18.1 Å². The average molecular weight is 425 g/mol. The normalized spacial score (nSPS) is 12.0. The van der Waals surface area contributed by atoms with Crippen molar-refractivity contribution in [2.24, 2.45) is 0 Å². The van der Waals surface area contributed by atoms with Crippen LogP contribution in [0.3, 0.4) is 0 Å². The number of hydrogen-bond acceptors (Lipinski definition) is 6. The minimum absolute atomic E-state index is 0.0821. The predicted molar refractivity (Wildman–Crippen MR) is 114 cm³/mol. The molecule has 0 unspecified atom stereocenters. The summed E-state index contributed by atoms with van der Waals surface area (Å²) in [6.45, 7) is 1.90. The number of furan rings is 1. The van der Waals surface area contributed by atoms with E-state index in [9.17, 15) is 4.79 Å². The molecule has 0 bridgehead atoms. The van der Waals surface area contributed by atoms with E-state index in [1.807, 2.05) is 60.0 Å². The van der Waals surface area contributed by atoms with Crippen molar-refractivity contribution in [2.75, 3.05) is 5.75 Å². The highest BCUT2D eigenvalue weighted by Gasteiger charge is 2.18. The van der Waals surface area contributed by atoms with Crippen molar-refractivity contribution in [2.45, 2.75) is 24.5 Å². The van der Waals surface area contributed by atoms with Gasteiger partial charge in [-0.2, -0.15) is 0 Å². The molecule has 4 rings (SSSR count).